The fourth-order valence-corrected chi connectivity index (χ4v) is 2.46. The normalized spacial score (nSPS) is 14.4. The summed E-state index contributed by atoms with van der Waals surface area (Å²) in [5.41, 5.74) is 0.604. The maximum atomic E-state index is 12.2. The molecule has 4 heteroatoms. The highest BCUT2D eigenvalue weighted by Crippen LogP contribution is 2.06. The molecule has 0 N–H and O–H groups in total. The van der Waals surface area contributed by atoms with Crippen LogP contribution in [0.25, 0.3) is 0 Å². The summed E-state index contributed by atoms with van der Waals surface area (Å²) in [4.78, 5) is 5.14. The molecule has 0 radical (unpaired) electrons. The topological polar surface area (TPSA) is 6.48 Å². The number of hydrogen-bond acceptors (Lipinski definition) is 2. The van der Waals surface area contributed by atoms with E-state index < -0.39 is 11.6 Å². The Morgan fingerprint density at radius 1 is 0.846 bits per heavy atom. The van der Waals surface area contributed by atoms with E-state index in [0.29, 0.717) is 5.56 Å². The second-order valence-corrected chi connectivity index (χ2v) is 6.41. The molecule has 0 bridgehead atoms. The molecule has 0 spiro atoms. The Balaban J connectivity index is 0. The van der Waals surface area contributed by atoms with E-state index in [0.717, 1.165) is 12.0 Å². The molecule has 2 nitrogen and oxygen atoms in total. The van der Waals surface area contributed by atoms with Gasteiger partial charge in [0.2, 0.25) is 0 Å². The molecule has 1 aliphatic heterocycles. The SMILES string of the molecule is CC.CC.CCN1CCN(CCC(C)C)CC1.Cc1cc(F)cc(F)c1. The lowest BCUT2D eigenvalue weighted by atomic mass is 10.1. The number of likely N-dealkylation sites (N-methyl/N-ethyl adjacent to an activating group) is 1. The molecule has 154 valence electrons. The number of piperazine rings is 1. The monoisotopic (exact) mass is 372 g/mol. The Morgan fingerprint density at radius 2 is 1.27 bits per heavy atom. The number of halogens is 2. The van der Waals surface area contributed by atoms with Gasteiger partial charge in [-0.2, -0.15) is 0 Å². The second-order valence-electron chi connectivity index (χ2n) is 6.41. The van der Waals surface area contributed by atoms with Gasteiger partial charge in [0, 0.05) is 32.2 Å². The Morgan fingerprint density at radius 3 is 1.62 bits per heavy atom. The van der Waals surface area contributed by atoms with Crippen LogP contribution >= 0.6 is 0 Å². The molecule has 0 atom stereocenters. The zero-order chi connectivity index (χ0) is 20.5. The van der Waals surface area contributed by atoms with Gasteiger partial charge < -0.3 is 9.80 Å². The van der Waals surface area contributed by atoms with Crippen molar-refractivity contribution in [3.05, 3.63) is 35.4 Å². The lowest BCUT2D eigenvalue weighted by Crippen LogP contribution is -2.46. The van der Waals surface area contributed by atoms with E-state index in [1.807, 2.05) is 27.7 Å². The van der Waals surface area contributed by atoms with E-state index in [9.17, 15) is 8.78 Å². The highest BCUT2D eigenvalue weighted by molar-refractivity contribution is 5.15. The first kappa shape index (κ1) is 27.2. The third kappa shape index (κ3) is 14.2. The number of hydrogen-bond donors (Lipinski definition) is 0. The smallest absolute Gasteiger partial charge is 0.126 e. The van der Waals surface area contributed by atoms with Crippen LogP contribution in [0.5, 0.6) is 0 Å². The molecule has 1 fully saturated rings. The number of aryl methyl sites for hydroxylation is 1. The summed E-state index contributed by atoms with van der Waals surface area (Å²) in [6.45, 7) is 24.1. The fourth-order valence-electron chi connectivity index (χ4n) is 2.46. The van der Waals surface area contributed by atoms with E-state index in [-0.39, 0.29) is 0 Å². The van der Waals surface area contributed by atoms with Crippen LogP contribution in [0.4, 0.5) is 8.78 Å². The van der Waals surface area contributed by atoms with Crippen molar-refractivity contribution in [2.45, 2.75) is 61.8 Å². The molecule has 1 aromatic rings. The van der Waals surface area contributed by atoms with Crippen molar-refractivity contribution in [1.82, 2.24) is 9.80 Å². The summed E-state index contributed by atoms with van der Waals surface area (Å²) >= 11 is 0. The van der Waals surface area contributed by atoms with Crippen LogP contribution in [0, 0.1) is 24.5 Å². The average Bonchev–Trinajstić information content (AvgIpc) is 2.63. The van der Waals surface area contributed by atoms with Gasteiger partial charge >= 0.3 is 0 Å². The van der Waals surface area contributed by atoms with Crippen molar-refractivity contribution in [3.8, 4) is 0 Å². The van der Waals surface area contributed by atoms with Crippen molar-refractivity contribution in [3.63, 3.8) is 0 Å². The number of nitrogens with zero attached hydrogens (tertiary/aromatic N) is 2. The van der Waals surface area contributed by atoms with E-state index in [2.05, 4.69) is 30.6 Å². The largest absolute Gasteiger partial charge is 0.301 e. The van der Waals surface area contributed by atoms with Crippen molar-refractivity contribution in [1.29, 1.82) is 0 Å². The van der Waals surface area contributed by atoms with Gasteiger partial charge in [-0.25, -0.2) is 8.78 Å². The third-order valence-electron chi connectivity index (χ3n) is 3.94. The highest BCUT2D eigenvalue weighted by atomic mass is 19.1. The van der Waals surface area contributed by atoms with Gasteiger partial charge in [0.1, 0.15) is 11.6 Å². The van der Waals surface area contributed by atoms with E-state index in [1.165, 1.54) is 57.8 Å². The second kappa shape index (κ2) is 17.4. The minimum absolute atomic E-state index is 0.521. The first-order valence-corrected chi connectivity index (χ1v) is 10.3. The molecule has 0 amide bonds. The summed E-state index contributed by atoms with van der Waals surface area (Å²) in [6.07, 6.45) is 1.35. The van der Waals surface area contributed by atoms with E-state index >= 15 is 0 Å². The Labute approximate surface area is 161 Å². The molecule has 1 aromatic carbocycles. The van der Waals surface area contributed by atoms with Gasteiger partial charge in [-0.1, -0.05) is 48.5 Å². The molecule has 0 aromatic heterocycles. The zero-order valence-corrected chi connectivity index (χ0v) is 18.4. The van der Waals surface area contributed by atoms with E-state index in [4.69, 9.17) is 0 Å². The van der Waals surface area contributed by atoms with Crippen LogP contribution in [0.3, 0.4) is 0 Å². The van der Waals surface area contributed by atoms with Crippen LogP contribution in [0.1, 0.15) is 60.5 Å². The van der Waals surface area contributed by atoms with Gasteiger partial charge in [0.25, 0.3) is 0 Å². The molecule has 26 heavy (non-hydrogen) atoms. The average molecular weight is 373 g/mol. The maximum absolute atomic E-state index is 12.2. The lowest BCUT2D eigenvalue weighted by molar-refractivity contribution is 0.133. The summed E-state index contributed by atoms with van der Waals surface area (Å²) < 4.78 is 24.4. The molecule has 0 aliphatic carbocycles. The van der Waals surface area contributed by atoms with Crippen molar-refractivity contribution < 1.29 is 8.78 Å². The summed E-state index contributed by atoms with van der Waals surface area (Å²) in [6, 6.07) is 3.42. The highest BCUT2D eigenvalue weighted by Gasteiger charge is 2.14. The predicted octanol–water partition coefficient (Wildman–Crippen LogP) is 6.00. The predicted molar refractivity (Wildman–Crippen MR) is 112 cm³/mol. The van der Waals surface area contributed by atoms with Crippen LogP contribution in [-0.2, 0) is 0 Å². The summed E-state index contributed by atoms with van der Waals surface area (Å²) in [7, 11) is 0. The standard InChI is InChI=1S/C11H24N2.C7H6F2.2C2H6/c1-4-12-7-9-13(10-8-12)6-5-11(2)3;1-5-2-6(8)4-7(9)3-5;2*1-2/h11H,4-10H2,1-3H3;2-4H,1H3;2*1-2H3. The molecular weight excluding hydrogens is 330 g/mol. The van der Waals surface area contributed by atoms with Gasteiger partial charge in [-0.3, -0.25) is 0 Å². The maximum Gasteiger partial charge on any atom is 0.126 e. The molecular formula is C22H42F2N2. The first-order valence-electron chi connectivity index (χ1n) is 10.3. The molecule has 1 aliphatic rings. The molecule has 1 heterocycles. The van der Waals surface area contributed by atoms with Crippen molar-refractivity contribution >= 4 is 0 Å². The van der Waals surface area contributed by atoms with Crippen LogP contribution in [0.15, 0.2) is 18.2 Å². The molecule has 0 saturated carbocycles. The van der Waals surface area contributed by atoms with Crippen LogP contribution in [0.2, 0.25) is 0 Å². The first-order chi connectivity index (χ1) is 12.4. The Bertz CT molecular complexity index is 378. The van der Waals surface area contributed by atoms with Gasteiger partial charge in [-0.05, 0) is 50.0 Å². The zero-order valence-electron chi connectivity index (χ0n) is 18.4. The minimum Gasteiger partial charge on any atom is -0.301 e. The van der Waals surface area contributed by atoms with Gasteiger partial charge in [0.15, 0.2) is 0 Å². The quantitative estimate of drug-likeness (QED) is 0.640. The lowest BCUT2D eigenvalue weighted by Gasteiger charge is -2.34. The number of rotatable bonds is 4. The molecule has 2 rings (SSSR count). The fraction of sp³-hybridized carbons (Fsp3) is 0.727. The van der Waals surface area contributed by atoms with Crippen molar-refractivity contribution in [2.24, 2.45) is 5.92 Å². The van der Waals surface area contributed by atoms with E-state index in [1.54, 1.807) is 6.92 Å². The van der Waals surface area contributed by atoms with Crippen LogP contribution < -0.4 is 0 Å². The Hall–Kier alpha value is -1.00. The number of benzene rings is 1. The van der Waals surface area contributed by atoms with Crippen LogP contribution in [-0.4, -0.2) is 49.1 Å². The molecule has 1 saturated heterocycles. The summed E-state index contributed by atoms with van der Waals surface area (Å²) in [5, 5.41) is 0. The van der Waals surface area contributed by atoms with Gasteiger partial charge in [0.05, 0.1) is 0 Å². The minimum atomic E-state index is -0.521. The van der Waals surface area contributed by atoms with Crippen molar-refractivity contribution in [2.75, 3.05) is 39.3 Å². The third-order valence-corrected chi connectivity index (χ3v) is 3.94. The van der Waals surface area contributed by atoms with Gasteiger partial charge in [-0.15, -0.1) is 0 Å². The summed E-state index contributed by atoms with van der Waals surface area (Å²) in [5.74, 6) is -0.191. The molecule has 0 unspecified atom stereocenters. The Kier molecular flexibility index (Phi) is 18.2.